The topological polar surface area (TPSA) is 54.5 Å². The third-order valence-electron chi connectivity index (χ3n) is 4.22. The molecule has 2 heterocycles. The Labute approximate surface area is 146 Å². The van der Waals surface area contributed by atoms with Gasteiger partial charge in [0.05, 0.1) is 6.54 Å². The predicted octanol–water partition coefficient (Wildman–Crippen LogP) is 2.87. The molecule has 0 saturated carbocycles. The summed E-state index contributed by atoms with van der Waals surface area (Å²) in [7, 11) is 0. The zero-order valence-corrected chi connectivity index (χ0v) is 14.2. The van der Waals surface area contributed by atoms with E-state index in [9.17, 15) is 9.18 Å². The van der Waals surface area contributed by atoms with E-state index in [1.165, 1.54) is 11.6 Å². The van der Waals surface area contributed by atoms with Gasteiger partial charge in [0.1, 0.15) is 6.10 Å². The van der Waals surface area contributed by atoms with Gasteiger partial charge in [-0.25, -0.2) is 0 Å². The number of likely N-dealkylation sites (tertiary alicyclic amines) is 1. The molecule has 1 atom stereocenters. The Balaban J connectivity index is 1.46. The maximum absolute atomic E-state index is 13.1. The van der Waals surface area contributed by atoms with E-state index in [4.69, 9.17) is 4.74 Å². The summed E-state index contributed by atoms with van der Waals surface area (Å²) in [6.07, 6.45) is 1.69. The Morgan fingerprint density at radius 2 is 2.12 bits per heavy atom. The van der Waals surface area contributed by atoms with Crippen LogP contribution in [0, 0.1) is 5.95 Å². The van der Waals surface area contributed by atoms with Crippen molar-refractivity contribution < 1.29 is 13.9 Å². The van der Waals surface area contributed by atoms with Crippen LogP contribution in [0.4, 0.5) is 10.1 Å². The summed E-state index contributed by atoms with van der Waals surface area (Å²) in [6, 6.07) is 12.4. The van der Waals surface area contributed by atoms with Gasteiger partial charge in [-0.1, -0.05) is 25.1 Å². The molecule has 2 aromatic rings. The van der Waals surface area contributed by atoms with E-state index in [-0.39, 0.29) is 17.9 Å². The van der Waals surface area contributed by atoms with Crippen molar-refractivity contribution in [2.24, 2.45) is 0 Å². The minimum Gasteiger partial charge on any atom is -0.473 e. The lowest BCUT2D eigenvalue weighted by Gasteiger charge is -2.16. The second-order valence-corrected chi connectivity index (χ2v) is 6.16. The lowest BCUT2D eigenvalue weighted by molar-refractivity contribution is -0.117. The third-order valence-corrected chi connectivity index (χ3v) is 4.22. The van der Waals surface area contributed by atoms with E-state index in [1.807, 2.05) is 29.2 Å². The number of nitrogens with one attached hydrogen (secondary N) is 1. The van der Waals surface area contributed by atoms with Gasteiger partial charge in [-0.3, -0.25) is 9.69 Å². The van der Waals surface area contributed by atoms with Crippen LogP contribution in [0.3, 0.4) is 0 Å². The van der Waals surface area contributed by atoms with Crippen LogP contribution in [0.15, 0.2) is 42.5 Å². The molecule has 1 N–H and O–H groups in total. The van der Waals surface area contributed by atoms with Crippen LogP contribution in [-0.2, 0) is 11.2 Å². The van der Waals surface area contributed by atoms with E-state index < -0.39 is 5.95 Å². The summed E-state index contributed by atoms with van der Waals surface area (Å²) in [6.45, 7) is 3.80. The molecule has 132 valence electrons. The van der Waals surface area contributed by atoms with Gasteiger partial charge in [-0.15, -0.1) is 0 Å². The van der Waals surface area contributed by atoms with Crippen LogP contribution in [0.2, 0.25) is 0 Å². The molecule has 1 aliphatic heterocycles. The molecular formula is C19H22FN3O2. The van der Waals surface area contributed by atoms with Crippen molar-refractivity contribution >= 4 is 11.6 Å². The number of pyridine rings is 1. The molecule has 1 aromatic carbocycles. The van der Waals surface area contributed by atoms with E-state index in [0.717, 1.165) is 25.1 Å². The number of amides is 1. The number of rotatable bonds is 6. The normalized spacial score (nSPS) is 17.4. The fraction of sp³-hybridized carbons (Fsp3) is 0.368. The van der Waals surface area contributed by atoms with Crippen molar-refractivity contribution in [2.75, 3.05) is 25.0 Å². The van der Waals surface area contributed by atoms with E-state index in [0.29, 0.717) is 13.1 Å². The minimum atomic E-state index is -0.555. The zero-order chi connectivity index (χ0) is 17.6. The number of carbonyl (C=O) groups is 1. The number of nitrogens with zero attached hydrogens (tertiary/aromatic N) is 2. The van der Waals surface area contributed by atoms with Crippen molar-refractivity contribution in [1.82, 2.24) is 9.88 Å². The summed E-state index contributed by atoms with van der Waals surface area (Å²) >= 11 is 0. The monoisotopic (exact) mass is 343 g/mol. The maximum atomic E-state index is 13.1. The number of benzene rings is 1. The molecule has 5 nitrogen and oxygen atoms in total. The standard InChI is InChI=1S/C19H22FN3O2/c1-2-14-6-8-15(9-7-14)21-18(24)13-23-11-10-16(12-23)25-19-5-3-4-17(20)22-19/h3-9,16H,2,10-13H2,1H3,(H,21,24). The summed E-state index contributed by atoms with van der Waals surface area (Å²) < 4.78 is 18.8. The number of hydrogen-bond acceptors (Lipinski definition) is 4. The molecule has 3 rings (SSSR count). The van der Waals surface area contributed by atoms with Crippen LogP contribution >= 0.6 is 0 Å². The second-order valence-electron chi connectivity index (χ2n) is 6.16. The van der Waals surface area contributed by atoms with Crippen molar-refractivity contribution in [2.45, 2.75) is 25.9 Å². The molecule has 1 saturated heterocycles. The van der Waals surface area contributed by atoms with Gasteiger partial charge in [0.2, 0.25) is 17.7 Å². The van der Waals surface area contributed by atoms with Gasteiger partial charge in [0.15, 0.2) is 0 Å². The third kappa shape index (κ3) is 5.00. The fourth-order valence-corrected chi connectivity index (χ4v) is 2.89. The first-order valence-electron chi connectivity index (χ1n) is 8.52. The van der Waals surface area contributed by atoms with Crippen molar-refractivity contribution in [3.05, 3.63) is 54.0 Å². The molecule has 6 heteroatoms. The first-order valence-corrected chi connectivity index (χ1v) is 8.52. The highest BCUT2D eigenvalue weighted by Gasteiger charge is 2.25. The van der Waals surface area contributed by atoms with Crippen molar-refractivity contribution in [3.8, 4) is 5.88 Å². The van der Waals surface area contributed by atoms with Crippen molar-refractivity contribution in [1.29, 1.82) is 0 Å². The molecule has 0 radical (unpaired) electrons. The molecule has 0 bridgehead atoms. The van der Waals surface area contributed by atoms with Crippen molar-refractivity contribution in [3.63, 3.8) is 0 Å². The van der Waals surface area contributed by atoms with Gasteiger partial charge >= 0.3 is 0 Å². The number of carbonyl (C=O) groups excluding carboxylic acids is 1. The SMILES string of the molecule is CCc1ccc(NC(=O)CN2CCC(Oc3cccc(F)n3)C2)cc1. The Bertz CT molecular complexity index is 721. The summed E-state index contributed by atoms with van der Waals surface area (Å²) in [5, 5.41) is 2.91. The Morgan fingerprint density at radius 3 is 2.84 bits per heavy atom. The highest BCUT2D eigenvalue weighted by Crippen LogP contribution is 2.17. The van der Waals surface area contributed by atoms with Gasteiger partial charge in [-0.05, 0) is 36.6 Å². The highest BCUT2D eigenvalue weighted by atomic mass is 19.1. The average Bonchev–Trinajstić information content (AvgIpc) is 3.02. The summed E-state index contributed by atoms with van der Waals surface area (Å²) in [5.74, 6) is -0.318. The smallest absolute Gasteiger partial charge is 0.238 e. The molecule has 0 aliphatic carbocycles. The molecule has 1 aliphatic rings. The predicted molar refractivity (Wildman–Crippen MR) is 94.1 cm³/mol. The summed E-state index contributed by atoms with van der Waals surface area (Å²) in [5.41, 5.74) is 2.04. The first kappa shape index (κ1) is 17.4. The number of halogens is 1. The zero-order valence-electron chi connectivity index (χ0n) is 14.2. The largest absolute Gasteiger partial charge is 0.473 e. The van der Waals surface area contributed by atoms with Gasteiger partial charge in [0, 0.05) is 24.8 Å². The van der Waals surface area contributed by atoms with Crippen LogP contribution < -0.4 is 10.1 Å². The molecule has 25 heavy (non-hydrogen) atoms. The first-order chi connectivity index (χ1) is 12.1. The Hall–Kier alpha value is -2.47. The average molecular weight is 343 g/mol. The fourth-order valence-electron chi connectivity index (χ4n) is 2.89. The van der Waals surface area contributed by atoms with Gasteiger partial charge < -0.3 is 10.1 Å². The van der Waals surface area contributed by atoms with Crippen LogP contribution in [0.1, 0.15) is 18.9 Å². The van der Waals surface area contributed by atoms with E-state index in [2.05, 4.69) is 17.2 Å². The van der Waals surface area contributed by atoms with E-state index >= 15 is 0 Å². The van der Waals surface area contributed by atoms with Gasteiger partial charge in [0.25, 0.3) is 0 Å². The quantitative estimate of drug-likeness (QED) is 0.820. The highest BCUT2D eigenvalue weighted by molar-refractivity contribution is 5.92. The maximum Gasteiger partial charge on any atom is 0.238 e. The van der Waals surface area contributed by atoms with Gasteiger partial charge in [-0.2, -0.15) is 9.37 Å². The minimum absolute atomic E-state index is 0.0474. The Kier molecular flexibility index (Phi) is 5.60. The van der Waals surface area contributed by atoms with Crippen LogP contribution in [-0.4, -0.2) is 41.5 Å². The molecule has 1 aromatic heterocycles. The summed E-state index contributed by atoms with van der Waals surface area (Å²) in [4.78, 5) is 17.9. The lowest BCUT2D eigenvalue weighted by Crippen LogP contribution is -2.33. The lowest BCUT2D eigenvalue weighted by atomic mass is 10.1. The Morgan fingerprint density at radius 1 is 1.32 bits per heavy atom. The number of aryl methyl sites for hydroxylation is 1. The number of ether oxygens (including phenoxy) is 1. The molecule has 0 spiro atoms. The molecule has 1 fully saturated rings. The van der Waals surface area contributed by atoms with E-state index in [1.54, 1.807) is 12.1 Å². The number of anilines is 1. The molecule has 1 amide bonds. The number of hydrogen-bond donors (Lipinski definition) is 1. The second kappa shape index (κ2) is 8.07. The number of aromatic nitrogens is 1. The molecule has 1 unspecified atom stereocenters. The molecular weight excluding hydrogens is 321 g/mol. The van der Waals surface area contributed by atoms with Crippen LogP contribution in [0.25, 0.3) is 0 Å². The van der Waals surface area contributed by atoms with Crippen LogP contribution in [0.5, 0.6) is 5.88 Å².